The summed E-state index contributed by atoms with van der Waals surface area (Å²) in [6.07, 6.45) is 5.06. The van der Waals surface area contributed by atoms with Crippen LogP contribution in [0.15, 0.2) is 36.7 Å². The maximum atomic E-state index is 5.10. The minimum atomic E-state index is 0.451. The van der Waals surface area contributed by atoms with Gasteiger partial charge in [0.05, 0.1) is 12.8 Å². The normalized spacial score (nSPS) is 12.5. The van der Waals surface area contributed by atoms with Gasteiger partial charge in [-0.2, -0.15) is 5.10 Å². The zero-order valence-electron chi connectivity index (χ0n) is 13.2. The molecule has 2 aromatic rings. The molecule has 1 N–H and O–H groups in total. The fourth-order valence-electron chi connectivity index (χ4n) is 2.65. The first-order valence-electron chi connectivity index (χ1n) is 7.43. The van der Waals surface area contributed by atoms with Gasteiger partial charge in [0.15, 0.2) is 0 Å². The van der Waals surface area contributed by atoms with Crippen molar-refractivity contribution in [3.05, 3.63) is 53.3 Å². The number of benzene rings is 1. The van der Waals surface area contributed by atoms with Gasteiger partial charge in [0.1, 0.15) is 0 Å². The fourth-order valence-corrected chi connectivity index (χ4v) is 2.65. The van der Waals surface area contributed by atoms with Crippen molar-refractivity contribution in [2.75, 3.05) is 26.8 Å². The average molecular weight is 287 g/mol. The van der Waals surface area contributed by atoms with E-state index in [0.717, 1.165) is 26.1 Å². The van der Waals surface area contributed by atoms with E-state index in [9.17, 15) is 0 Å². The van der Waals surface area contributed by atoms with E-state index in [-0.39, 0.29) is 0 Å². The van der Waals surface area contributed by atoms with Crippen molar-refractivity contribution in [1.29, 1.82) is 0 Å². The highest BCUT2D eigenvalue weighted by Crippen LogP contribution is 2.23. The van der Waals surface area contributed by atoms with Crippen molar-refractivity contribution in [2.45, 2.75) is 19.3 Å². The van der Waals surface area contributed by atoms with Gasteiger partial charge in [0.2, 0.25) is 0 Å². The van der Waals surface area contributed by atoms with Crippen LogP contribution in [-0.4, -0.2) is 36.6 Å². The number of hydrogen-bond donors (Lipinski definition) is 1. The van der Waals surface area contributed by atoms with E-state index < -0.39 is 0 Å². The molecule has 0 aliphatic rings. The number of ether oxygens (including phenoxy) is 1. The molecule has 4 heteroatoms. The van der Waals surface area contributed by atoms with Crippen LogP contribution in [0.5, 0.6) is 0 Å². The summed E-state index contributed by atoms with van der Waals surface area (Å²) in [5.41, 5.74) is 4.03. The Labute approximate surface area is 127 Å². The van der Waals surface area contributed by atoms with Crippen molar-refractivity contribution in [3.63, 3.8) is 0 Å². The van der Waals surface area contributed by atoms with Crippen molar-refractivity contribution in [3.8, 4) is 0 Å². The second-order valence-corrected chi connectivity index (χ2v) is 5.48. The second kappa shape index (κ2) is 7.96. The molecule has 1 aromatic carbocycles. The van der Waals surface area contributed by atoms with E-state index in [1.165, 1.54) is 16.7 Å². The number of methoxy groups -OCH3 is 1. The van der Waals surface area contributed by atoms with Gasteiger partial charge < -0.3 is 10.1 Å². The van der Waals surface area contributed by atoms with Gasteiger partial charge in [0.25, 0.3) is 0 Å². The van der Waals surface area contributed by atoms with E-state index in [0.29, 0.717) is 5.92 Å². The Morgan fingerprint density at radius 2 is 2.14 bits per heavy atom. The Bertz CT molecular complexity index is 550. The first-order valence-corrected chi connectivity index (χ1v) is 7.43. The second-order valence-electron chi connectivity index (χ2n) is 5.48. The first kappa shape index (κ1) is 15.7. The SMILES string of the molecule is COCCNCC(Cc1cnn(C)c1)c1ccccc1C. The molecule has 114 valence electrons. The molecule has 1 aromatic heterocycles. The monoisotopic (exact) mass is 287 g/mol. The molecule has 1 unspecified atom stereocenters. The lowest BCUT2D eigenvalue weighted by Crippen LogP contribution is -2.26. The van der Waals surface area contributed by atoms with Crippen LogP contribution in [0.3, 0.4) is 0 Å². The van der Waals surface area contributed by atoms with Crippen molar-refractivity contribution in [2.24, 2.45) is 7.05 Å². The number of nitrogens with zero attached hydrogens (tertiary/aromatic N) is 2. The molecule has 0 spiro atoms. The Morgan fingerprint density at radius 1 is 1.33 bits per heavy atom. The van der Waals surface area contributed by atoms with E-state index in [1.807, 2.05) is 17.9 Å². The Kier molecular flexibility index (Phi) is 5.96. The van der Waals surface area contributed by atoms with E-state index in [4.69, 9.17) is 4.74 Å². The molecule has 1 heterocycles. The van der Waals surface area contributed by atoms with Gasteiger partial charge in [-0.3, -0.25) is 4.68 Å². The van der Waals surface area contributed by atoms with Gasteiger partial charge in [0, 0.05) is 39.4 Å². The molecule has 0 aliphatic carbocycles. The van der Waals surface area contributed by atoms with Crippen LogP contribution in [0, 0.1) is 6.92 Å². The van der Waals surface area contributed by atoms with Crippen LogP contribution in [0.2, 0.25) is 0 Å². The molecule has 0 bridgehead atoms. The van der Waals surface area contributed by atoms with Crippen molar-refractivity contribution < 1.29 is 4.74 Å². The van der Waals surface area contributed by atoms with Crippen molar-refractivity contribution in [1.82, 2.24) is 15.1 Å². The standard InChI is InChI=1S/C17H25N3O/c1-14-6-4-5-7-17(14)16(12-18-8-9-21-3)10-15-11-19-20(2)13-15/h4-7,11,13,16,18H,8-10,12H2,1-3H3. The largest absolute Gasteiger partial charge is 0.383 e. The molecular formula is C17H25N3O. The van der Waals surface area contributed by atoms with E-state index in [2.05, 4.69) is 47.8 Å². The number of hydrogen-bond acceptors (Lipinski definition) is 3. The van der Waals surface area contributed by atoms with Crippen LogP contribution in [0.4, 0.5) is 0 Å². The summed E-state index contributed by atoms with van der Waals surface area (Å²) < 4.78 is 6.96. The van der Waals surface area contributed by atoms with Gasteiger partial charge >= 0.3 is 0 Å². The minimum absolute atomic E-state index is 0.451. The van der Waals surface area contributed by atoms with Crippen LogP contribution in [0.25, 0.3) is 0 Å². The molecule has 2 rings (SSSR count). The number of aromatic nitrogens is 2. The molecule has 0 fully saturated rings. The Morgan fingerprint density at radius 3 is 2.81 bits per heavy atom. The van der Waals surface area contributed by atoms with Gasteiger partial charge in [-0.05, 0) is 30.0 Å². The van der Waals surface area contributed by atoms with Gasteiger partial charge in [-0.15, -0.1) is 0 Å². The topological polar surface area (TPSA) is 39.1 Å². The minimum Gasteiger partial charge on any atom is -0.383 e. The molecule has 0 saturated heterocycles. The zero-order chi connectivity index (χ0) is 15.1. The third kappa shape index (κ3) is 4.69. The predicted octanol–water partition coefficient (Wildman–Crippen LogP) is 2.29. The fraction of sp³-hybridized carbons (Fsp3) is 0.471. The van der Waals surface area contributed by atoms with E-state index in [1.54, 1.807) is 7.11 Å². The summed E-state index contributed by atoms with van der Waals surface area (Å²) in [7, 11) is 3.69. The number of rotatable bonds is 8. The third-order valence-electron chi connectivity index (χ3n) is 3.74. The molecule has 1 atom stereocenters. The highest BCUT2D eigenvalue weighted by atomic mass is 16.5. The maximum absolute atomic E-state index is 5.10. The van der Waals surface area contributed by atoms with Crippen molar-refractivity contribution >= 4 is 0 Å². The summed E-state index contributed by atoms with van der Waals surface area (Å²) >= 11 is 0. The lowest BCUT2D eigenvalue weighted by atomic mass is 9.90. The lowest BCUT2D eigenvalue weighted by molar-refractivity contribution is 0.199. The molecular weight excluding hydrogens is 262 g/mol. The van der Waals surface area contributed by atoms with Crippen LogP contribution < -0.4 is 5.32 Å². The summed E-state index contributed by atoms with van der Waals surface area (Å²) in [5.74, 6) is 0.451. The Balaban J connectivity index is 2.08. The highest BCUT2D eigenvalue weighted by molar-refractivity contribution is 5.31. The third-order valence-corrected chi connectivity index (χ3v) is 3.74. The summed E-state index contributed by atoms with van der Waals surface area (Å²) in [4.78, 5) is 0. The molecule has 21 heavy (non-hydrogen) atoms. The predicted molar refractivity (Wildman–Crippen MR) is 85.6 cm³/mol. The van der Waals surface area contributed by atoms with Gasteiger partial charge in [-0.25, -0.2) is 0 Å². The maximum Gasteiger partial charge on any atom is 0.0587 e. The molecule has 4 nitrogen and oxygen atoms in total. The quantitative estimate of drug-likeness (QED) is 0.757. The van der Waals surface area contributed by atoms with Crippen LogP contribution in [0.1, 0.15) is 22.6 Å². The molecule has 0 amide bonds. The summed E-state index contributed by atoms with van der Waals surface area (Å²) in [6.45, 7) is 4.75. The lowest BCUT2D eigenvalue weighted by Gasteiger charge is -2.19. The van der Waals surface area contributed by atoms with Crippen LogP contribution in [-0.2, 0) is 18.2 Å². The van der Waals surface area contributed by atoms with Crippen LogP contribution >= 0.6 is 0 Å². The molecule has 0 saturated carbocycles. The Hall–Kier alpha value is -1.65. The molecule has 0 aliphatic heterocycles. The first-order chi connectivity index (χ1) is 10.2. The van der Waals surface area contributed by atoms with Gasteiger partial charge in [-0.1, -0.05) is 24.3 Å². The van der Waals surface area contributed by atoms with E-state index >= 15 is 0 Å². The zero-order valence-corrected chi connectivity index (χ0v) is 13.2. The molecule has 0 radical (unpaired) electrons. The number of aryl methyl sites for hydroxylation is 2. The summed E-state index contributed by atoms with van der Waals surface area (Å²) in [6, 6.07) is 8.63. The number of nitrogens with one attached hydrogen (secondary N) is 1. The smallest absolute Gasteiger partial charge is 0.0587 e. The highest BCUT2D eigenvalue weighted by Gasteiger charge is 2.15. The average Bonchev–Trinajstić information content (AvgIpc) is 2.88. The summed E-state index contributed by atoms with van der Waals surface area (Å²) in [5, 5.41) is 7.76.